The van der Waals surface area contributed by atoms with Gasteiger partial charge in [0, 0.05) is 31.9 Å². The number of halogens is 1. The summed E-state index contributed by atoms with van der Waals surface area (Å²) < 4.78 is 15.4. The van der Waals surface area contributed by atoms with Gasteiger partial charge < -0.3 is 24.0 Å². The van der Waals surface area contributed by atoms with Crippen LogP contribution in [0.15, 0.2) is 42.5 Å². The molecule has 1 fully saturated rings. The molecule has 0 saturated carbocycles. The Balaban J connectivity index is 1.50. The Labute approximate surface area is 174 Å². The molecule has 7 nitrogen and oxygen atoms in total. The van der Waals surface area contributed by atoms with E-state index >= 15 is 0 Å². The number of esters is 1. The second-order valence-electron chi connectivity index (χ2n) is 6.49. The minimum absolute atomic E-state index is 0.104. The van der Waals surface area contributed by atoms with Crippen molar-refractivity contribution in [2.45, 2.75) is 0 Å². The van der Waals surface area contributed by atoms with Gasteiger partial charge in [0.05, 0.1) is 24.8 Å². The quantitative estimate of drug-likeness (QED) is 0.672. The molecule has 0 N–H and O–H groups in total. The highest BCUT2D eigenvalue weighted by Crippen LogP contribution is 2.26. The molecule has 1 amide bonds. The highest BCUT2D eigenvalue weighted by atomic mass is 35.5. The third kappa shape index (κ3) is 5.12. The zero-order valence-electron chi connectivity index (χ0n) is 16.4. The normalized spacial score (nSPS) is 13.8. The van der Waals surface area contributed by atoms with Gasteiger partial charge in [0.15, 0.2) is 6.61 Å². The summed E-state index contributed by atoms with van der Waals surface area (Å²) in [6.45, 7) is 2.60. The Morgan fingerprint density at radius 3 is 2.28 bits per heavy atom. The van der Waals surface area contributed by atoms with E-state index in [0.717, 1.165) is 24.5 Å². The van der Waals surface area contributed by atoms with Crippen LogP contribution in [0.4, 0.5) is 5.69 Å². The summed E-state index contributed by atoms with van der Waals surface area (Å²) in [5.74, 6) is 0.583. The number of hydrogen-bond donors (Lipinski definition) is 0. The lowest BCUT2D eigenvalue weighted by Crippen LogP contribution is -2.50. The maximum atomic E-state index is 12.5. The molecule has 0 radical (unpaired) electrons. The Bertz CT molecular complexity index is 864. The SMILES string of the molecule is COC(=O)c1ccc(OCC(=O)N2CCN(c3ccc(OC)cc3)CC2)c(Cl)c1. The van der Waals surface area contributed by atoms with E-state index < -0.39 is 5.97 Å². The largest absolute Gasteiger partial charge is 0.497 e. The molecule has 1 saturated heterocycles. The van der Waals surface area contributed by atoms with Crippen molar-refractivity contribution in [3.63, 3.8) is 0 Å². The van der Waals surface area contributed by atoms with Gasteiger partial charge in [-0.1, -0.05) is 11.6 Å². The van der Waals surface area contributed by atoms with Crippen LogP contribution in [0.5, 0.6) is 11.5 Å². The fraction of sp³-hybridized carbons (Fsp3) is 0.333. The Morgan fingerprint density at radius 1 is 1.00 bits per heavy atom. The van der Waals surface area contributed by atoms with Gasteiger partial charge in [-0.05, 0) is 42.5 Å². The topological polar surface area (TPSA) is 68.3 Å². The molecule has 154 valence electrons. The van der Waals surface area contributed by atoms with Crippen molar-refractivity contribution in [1.29, 1.82) is 0 Å². The monoisotopic (exact) mass is 418 g/mol. The smallest absolute Gasteiger partial charge is 0.337 e. The summed E-state index contributed by atoms with van der Waals surface area (Å²) in [6, 6.07) is 12.4. The van der Waals surface area contributed by atoms with Crippen molar-refractivity contribution in [1.82, 2.24) is 4.90 Å². The van der Waals surface area contributed by atoms with E-state index in [4.69, 9.17) is 21.1 Å². The molecular weight excluding hydrogens is 396 g/mol. The molecule has 0 spiro atoms. The summed E-state index contributed by atoms with van der Waals surface area (Å²) >= 11 is 6.13. The van der Waals surface area contributed by atoms with Crippen LogP contribution < -0.4 is 14.4 Å². The first-order valence-electron chi connectivity index (χ1n) is 9.19. The lowest BCUT2D eigenvalue weighted by atomic mass is 10.2. The molecule has 29 heavy (non-hydrogen) atoms. The van der Waals surface area contributed by atoms with E-state index in [1.54, 1.807) is 24.1 Å². The third-order valence-electron chi connectivity index (χ3n) is 4.77. The van der Waals surface area contributed by atoms with Gasteiger partial charge in [-0.25, -0.2) is 4.79 Å². The van der Waals surface area contributed by atoms with Crippen molar-refractivity contribution >= 4 is 29.2 Å². The molecule has 0 unspecified atom stereocenters. The van der Waals surface area contributed by atoms with Gasteiger partial charge in [0.2, 0.25) is 0 Å². The van der Waals surface area contributed by atoms with Gasteiger partial charge in [-0.2, -0.15) is 0 Å². The van der Waals surface area contributed by atoms with Crippen molar-refractivity contribution in [3.05, 3.63) is 53.1 Å². The van der Waals surface area contributed by atoms with Crippen LogP contribution in [-0.2, 0) is 9.53 Å². The van der Waals surface area contributed by atoms with Crippen molar-refractivity contribution in [2.24, 2.45) is 0 Å². The lowest BCUT2D eigenvalue weighted by molar-refractivity contribution is -0.133. The standard InChI is InChI=1S/C21H23ClN2O5/c1-27-17-6-4-16(5-7-17)23-9-11-24(12-10-23)20(25)14-29-19-8-3-15(13-18(19)22)21(26)28-2/h3-8,13H,9-12,14H2,1-2H3. The number of benzene rings is 2. The van der Waals surface area contributed by atoms with Crippen LogP contribution in [0.1, 0.15) is 10.4 Å². The Hall–Kier alpha value is -2.93. The number of rotatable bonds is 6. The number of piperazine rings is 1. The number of amides is 1. The maximum absolute atomic E-state index is 12.5. The summed E-state index contributed by atoms with van der Waals surface area (Å²) in [6.07, 6.45) is 0. The summed E-state index contributed by atoms with van der Waals surface area (Å²) in [7, 11) is 2.94. The first-order valence-corrected chi connectivity index (χ1v) is 9.57. The zero-order chi connectivity index (χ0) is 20.8. The van der Waals surface area contributed by atoms with E-state index in [-0.39, 0.29) is 17.5 Å². The maximum Gasteiger partial charge on any atom is 0.337 e. The molecule has 2 aromatic rings. The molecule has 0 atom stereocenters. The summed E-state index contributed by atoms with van der Waals surface area (Å²) in [5.41, 5.74) is 1.43. The Morgan fingerprint density at radius 2 is 1.69 bits per heavy atom. The van der Waals surface area contributed by atoms with Gasteiger partial charge in [0.25, 0.3) is 5.91 Å². The molecule has 2 aromatic carbocycles. The van der Waals surface area contributed by atoms with Crippen LogP contribution in [0.3, 0.4) is 0 Å². The molecular formula is C21H23ClN2O5. The lowest BCUT2D eigenvalue weighted by Gasteiger charge is -2.36. The van der Waals surface area contributed by atoms with E-state index in [2.05, 4.69) is 9.64 Å². The van der Waals surface area contributed by atoms with Crippen LogP contribution >= 0.6 is 11.6 Å². The van der Waals surface area contributed by atoms with Crippen molar-refractivity contribution < 1.29 is 23.8 Å². The molecule has 1 heterocycles. The summed E-state index contributed by atoms with van der Waals surface area (Å²) in [4.78, 5) is 28.0. The minimum atomic E-state index is -0.482. The predicted octanol–water partition coefficient (Wildman–Crippen LogP) is 2.86. The van der Waals surface area contributed by atoms with Gasteiger partial charge >= 0.3 is 5.97 Å². The zero-order valence-corrected chi connectivity index (χ0v) is 17.1. The molecule has 0 aliphatic carbocycles. The number of hydrogen-bond acceptors (Lipinski definition) is 6. The first kappa shape index (κ1) is 20.8. The number of ether oxygens (including phenoxy) is 3. The number of carbonyl (C=O) groups is 2. The second kappa shape index (κ2) is 9.52. The highest BCUT2D eigenvalue weighted by molar-refractivity contribution is 6.32. The van der Waals surface area contributed by atoms with E-state index in [9.17, 15) is 9.59 Å². The number of anilines is 1. The Kier molecular flexibility index (Phi) is 6.82. The van der Waals surface area contributed by atoms with Gasteiger partial charge in [-0.3, -0.25) is 4.79 Å². The molecule has 1 aliphatic heterocycles. The van der Waals surface area contributed by atoms with E-state index in [0.29, 0.717) is 24.4 Å². The second-order valence-corrected chi connectivity index (χ2v) is 6.90. The molecule has 0 aromatic heterocycles. The fourth-order valence-electron chi connectivity index (χ4n) is 3.10. The van der Waals surface area contributed by atoms with Gasteiger partial charge in [0.1, 0.15) is 11.5 Å². The van der Waals surface area contributed by atoms with Crippen LogP contribution in [0.2, 0.25) is 5.02 Å². The minimum Gasteiger partial charge on any atom is -0.497 e. The molecule has 1 aliphatic rings. The van der Waals surface area contributed by atoms with Crippen molar-refractivity contribution in [2.75, 3.05) is 51.9 Å². The van der Waals surface area contributed by atoms with E-state index in [1.165, 1.54) is 13.2 Å². The van der Waals surface area contributed by atoms with Gasteiger partial charge in [-0.15, -0.1) is 0 Å². The summed E-state index contributed by atoms with van der Waals surface area (Å²) in [5, 5.41) is 0.255. The average Bonchev–Trinajstić information content (AvgIpc) is 2.77. The van der Waals surface area contributed by atoms with Crippen LogP contribution in [-0.4, -0.2) is 63.8 Å². The predicted molar refractivity (Wildman–Crippen MR) is 110 cm³/mol. The highest BCUT2D eigenvalue weighted by Gasteiger charge is 2.22. The number of carbonyl (C=O) groups excluding carboxylic acids is 2. The van der Waals surface area contributed by atoms with E-state index in [1.807, 2.05) is 24.3 Å². The van der Waals surface area contributed by atoms with Crippen LogP contribution in [0.25, 0.3) is 0 Å². The first-order chi connectivity index (χ1) is 14.0. The number of nitrogens with zero attached hydrogens (tertiary/aromatic N) is 2. The molecule has 3 rings (SSSR count). The number of methoxy groups -OCH3 is 2. The fourth-order valence-corrected chi connectivity index (χ4v) is 3.34. The van der Waals surface area contributed by atoms with Crippen LogP contribution in [0, 0.1) is 0 Å². The van der Waals surface area contributed by atoms with Crippen molar-refractivity contribution in [3.8, 4) is 11.5 Å². The average molecular weight is 419 g/mol. The molecule has 0 bridgehead atoms. The molecule has 8 heteroatoms. The third-order valence-corrected chi connectivity index (χ3v) is 5.07.